The molecule has 5 heteroatoms. The number of hydrogen-bond donors (Lipinski definition) is 0. The van der Waals surface area contributed by atoms with Crippen LogP contribution in [0.5, 0.6) is 5.75 Å². The van der Waals surface area contributed by atoms with Crippen molar-refractivity contribution < 1.29 is 4.74 Å². The topological polar surface area (TPSA) is 38.2 Å². The van der Waals surface area contributed by atoms with Gasteiger partial charge in [0.25, 0.3) is 0 Å². The van der Waals surface area contributed by atoms with Gasteiger partial charge in [0.2, 0.25) is 0 Å². The van der Waals surface area contributed by atoms with Gasteiger partial charge in [0.1, 0.15) is 22.7 Å². The van der Waals surface area contributed by atoms with Crippen molar-refractivity contribution in [3.8, 4) is 16.9 Å². The number of anilines is 1. The Bertz CT molecular complexity index is 1100. The Hall–Kier alpha value is -2.92. The third kappa shape index (κ3) is 3.47. The van der Waals surface area contributed by atoms with Gasteiger partial charge in [-0.3, -0.25) is 0 Å². The molecule has 0 aliphatic carbocycles. The second-order valence-corrected chi connectivity index (χ2v) is 8.29. The van der Waals surface area contributed by atoms with Gasteiger partial charge in [-0.25, -0.2) is 9.97 Å². The number of hydrogen-bond acceptors (Lipinski definition) is 5. The second kappa shape index (κ2) is 7.84. The third-order valence-corrected chi connectivity index (χ3v) is 6.70. The monoisotopic (exact) mass is 401 g/mol. The summed E-state index contributed by atoms with van der Waals surface area (Å²) in [6.45, 7) is 2.01. The molecule has 1 fully saturated rings. The Morgan fingerprint density at radius 1 is 0.966 bits per heavy atom. The highest BCUT2D eigenvalue weighted by atomic mass is 32.1. The average molecular weight is 402 g/mol. The fourth-order valence-electron chi connectivity index (χ4n) is 4.23. The van der Waals surface area contributed by atoms with Crippen LogP contribution in [0.25, 0.3) is 21.3 Å². The van der Waals surface area contributed by atoms with Gasteiger partial charge in [-0.1, -0.05) is 42.5 Å². The summed E-state index contributed by atoms with van der Waals surface area (Å²) in [5.41, 5.74) is 3.86. The van der Waals surface area contributed by atoms with Gasteiger partial charge in [-0.15, -0.1) is 11.3 Å². The van der Waals surface area contributed by atoms with Crippen LogP contribution in [0.3, 0.4) is 0 Å². The van der Waals surface area contributed by atoms with Gasteiger partial charge >= 0.3 is 0 Å². The van der Waals surface area contributed by atoms with Crippen molar-refractivity contribution in [2.75, 3.05) is 25.1 Å². The lowest BCUT2D eigenvalue weighted by Crippen LogP contribution is -2.33. The largest absolute Gasteiger partial charge is 0.497 e. The van der Waals surface area contributed by atoms with Crippen molar-refractivity contribution in [3.63, 3.8) is 0 Å². The van der Waals surface area contributed by atoms with Crippen LogP contribution < -0.4 is 9.64 Å². The van der Waals surface area contributed by atoms with E-state index in [-0.39, 0.29) is 0 Å². The molecule has 0 unspecified atom stereocenters. The lowest BCUT2D eigenvalue weighted by atomic mass is 9.89. The highest BCUT2D eigenvalue weighted by Gasteiger charge is 2.24. The molecule has 0 saturated carbocycles. The van der Waals surface area contributed by atoms with Gasteiger partial charge < -0.3 is 9.64 Å². The Labute approximate surface area is 174 Å². The summed E-state index contributed by atoms with van der Waals surface area (Å²) < 4.78 is 5.29. The number of ether oxygens (including phenoxy) is 1. The van der Waals surface area contributed by atoms with Crippen molar-refractivity contribution in [2.24, 2.45) is 0 Å². The van der Waals surface area contributed by atoms with E-state index >= 15 is 0 Å². The molecule has 0 amide bonds. The number of methoxy groups -OCH3 is 1. The standard InChI is InChI=1S/C24H23N3OS/c1-28-20-9-7-17(8-10-20)18-11-13-27(14-12-18)23-22-21(19-5-3-2-4-6-19)15-29-24(22)26-16-25-23/h2-10,15-16,18H,11-14H2,1H3. The second-order valence-electron chi connectivity index (χ2n) is 7.43. The van der Waals surface area contributed by atoms with E-state index in [4.69, 9.17) is 9.72 Å². The Balaban J connectivity index is 1.41. The molecule has 2 aromatic heterocycles. The maximum Gasteiger partial charge on any atom is 0.141 e. The minimum Gasteiger partial charge on any atom is -0.497 e. The van der Waals surface area contributed by atoms with E-state index < -0.39 is 0 Å². The van der Waals surface area contributed by atoms with Gasteiger partial charge in [0, 0.05) is 24.0 Å². The summed E-state index contributed by atoms with van der Waals surface area (Å²) in [6, 6.07) is 19.1. The van der Waals surface area contributed by atoms with Crippen LogP contribution in [0, 0.1) is 0 Å². The molecule has 1 saturated heterocycles. The first kappa shape index (κ1) is 18.1. The zero-order valence-corrected chi connectivity index (χ0v) is 17.2. The van der Waals surface area contributed by atoms with Gasteiger partial charge in [-0.2, -0.15) is 0 Å². The van der Waals surface area contributed by atoms with Crippen LogP contribution in [0.1, 0.15) is 24.3 Å². The summed E-state index contributed by atoms with van der Waals surface area (Å²) in [5, 5.41) is 3.40. The summed E-state index contributed by atoms with van der Waals surface area (Å²) in [4.78, 5) is 12.7. The predicted molar refractivity (Wildman–Crippen MR) is 120 cm³/mol. The molecule has 0 atom stereocenters. The van der Waals surface area contributed by atoms with E-state index in [1.54, 1.807) is 24.8 Å². The molecule has 0 N–H and O–H groups in total. The molecule has 2 aromatic carbocycles. The molecule has 1 aliphatic rings. The fourth-order valence-corrected chi connectivity index (χ4v) is 5.14. The number of rotatable bonds is 4. The third-order valence-electron chi connectivity index (χ3n) is 5.82. The van der Waals surface area contributed by atoms with E-state index in [9.17, 15) is 0 Å². The zero-order valence-electron chi connectivity index (χ0n) is 16.4. The van der Waals surface area contributed by atoms with Crippen LogP contribution in [-0.4, -0.2) is 30.2 Å². The van der Waals surface area contributed by atoms with Crippen LogP contribution in [-0.2, 0) is 0 Å². The van der Waals surface area contributed by atoms with Crippen molar-refractivity contribution in [2.45, 2.75) is 18.8 Å². The van der Waals surface area contributed by atoms with E-state index in [1.165, 1.54) is 22.1 Å². The maximum atomic E-state index is 5.29. The highest BCUT2D eigenvalue weighted by Crippen LogP contribution is 2.39. The number of piperidine rings is 1. The molecule has 0 bridgehead atoms. The summed E-state index contributed by atoms with van der Waals surface area (Å²) >= 11 is 1.70. The summed E-state index contributed by atoms with van der Waals surface area (Å²) in [7, 11) is 1.71. The molecule has 0 spiro atoms. The highest BCUT2D eigenvalue weighted by molar-refractivity contribution is 7.17. The van der Waals surface area contributed by atoms with Gasteiger partial charge in [-0.05, 0) is 42.0 Å². The first-order valence-electron chi connectivity index (χ1n) is 10.00. The molecule has 4 nitrogen and oxygen atoms in total. The zero-order chi connectivity index (χ0) is 19.6. The van der Waals surface area contributed by atoms with E-state index in [2.05, 4.69) is 69.9 Å². The Morgan fingerprint density at radius 3 is 2.45 bits per heavy atom. The van der Waals surface area contributed by atoms with E-state index in [1.807, 2.05) is 0 Å². The molecule has 5 rings (SSSR count). The van der Waals surface area contributed by atoms with Crippen LogP contribution in [0.15, 0.2) is 66.3 Å². The van der Waals surface area contributed by atoms with Crippen molar-refractivity contribution in [1.29, 1.82) is 0 Å². The van der Waals surface area contributed by atoms with Gasteiger partial charge in [0.15, 0.2) is 0 Å². The smallest absolute Gasteiger partial charge is 0.141 e. The molecule has 146 valence electrons. The Kier molecular flexibility index (Phi) is 4.90. The van der Waals surface area contributed by atoms with E-state index in [0.29, 0.717) is 5.92 Å². The number of nitrogens with zero attached hydrogens (tertiary/aromatic N) is 3. The lowest BCUT2D eigenvalue weighted by Gasteiger charge is -2.33. The van der Waals surface area contributed by atoms with Crippen molar-refractivity contribution >= 4 is 27.4 Å². The predicted octanol–water partition coefficient (Wildman–Crippen LogP) is 5.75. The number of aromatic nitrogens is 2. The van der Waals surface area contributed by atoms with Crippen LogP contribution >= 0.6 is 11.3 Å². The maximum absolute atomic E-state index is 5.29. The van der Waals surface area contributed by atoms with Crippen molar-refractivity contribution in [1.82, 2.24) is 9.97 Å². The summed E-state index contributed by atoms with van der Waals surface area (Å²) in [5.74, 6) is 2.58. The normalized spacial score (nSPS) is 15.0. The molecular formula is C24H23N3OS. The quantitative estimate of drug-likeness (QED) is 0.436. The molecule has 4 aromatic rings. The van der Waals surface area contributed by atoms with Crippen molar-refractivity contribution in [3.05, 3.63) is 71.9 Å². The Morgan fingerprint density at radius 2 is 1.72 bits per heavy atom. The lowest BCUT2D eigenvalue weighted by molar-refractivity contribution is 0.414. The van der Waals surface area contributed by atoms with E-state index in [0.717, 1.165) is 42.3 Å². The molecule has 0 radical (unpaired) electrons. The average Bonchev–Trinajstić information content (AvgIpc) is 3.24. The number of benzene rings is 2. The minimum atomic E-state index is 0.588. The van der Waals surface area contributed by atoms with Gasteiger partial charge in [0.05, 0.1) is 12.5 Å². The number of thiophene rings is 1. The molecule has 1 aliphatic heterocycles. The van der Waals surface area contributed by atoms with Crippen LogP contribution in [0.2, 0.25) is 0 Å². The first-order valence-corrected chi connectivity index (χ1v) is 10.9. The molecule has 3 heterocycles. The number of fused-ring (bicyclic) bond motifs is 1. The molecular weight excluding hydrogens is 378 g/mol. The fraction of sp³-hybridized carbons (Fsp3) is 0.250. The summed E-state index contributed by atoms with van der Waals surface area (Å²) in [6.07, 6.45) is 3.96. The molecule has 29 heavy (non-hydrogen) atoms. The SMILES string of the molecule is COc1ccc(C2CCN(c3ncnc4scc(-c5ccccc5)c34)CC2)cc1. The van der Waals surface area contributed by atoms with Crippen LogP contribution in [0.4, 0.5) is 5.82 Å². The minimum absolute atomic E-state index is 0.588. The first-order chi connectivity index (χ1) is 14.3.